The van der Waals surface area contributed by atoms with Crippen molar-refractivity contribution < 1.29 is 17.9 Å². The first kappa shape index (κ1) is 15.1. The molecule has 0 aromatic carbocycles. The summed E-state index contributed by atoms with van der Waals surface area (Å²) in [5.74, 6) is -0.718. The van der Waals surface area contributed by atoms with Gasteiger partial charge in [0.25, 0.3) is 5.91 Å². The molecule has 3 N–H and O–H groups in total. The zero-order valence-corrected chi connectivity index (χ0v) is 11.5. The summed E-state index contributed by atoms with van der Waals surface area (Å²) in [6.45, 7) is 5.04. The van der Waals surface area contributed by atoms with Crippen molar-refractivity contribution in [1.29, 1.82) is 0 Å². The molecule has 1 saturated carbocycles. The third kappa shape index (κ3) is 2.90. The van der Waals surface area contributed by atoms with Crippen LogP contribution in [0.2, 0.25) is 0 Å². The van der Waals surface area contributed by atoms with Crippen LogP contribution in [-0.4, -0.2) is 38.3 Å². The van der Waals surface area contributed by atoms with Crippen molar-refractivity contribution in [3.63, 3.8) is 0 Å². The number of amides is 1. The Morgan fingerprint density at radius 1 is 1.61 bits per heavy atom. The van der Waals surface area contributed by atoms with Crippen LogP contribution in [0.25, 0.3) is 0 Å². The Balaban J connectivity index is 2.79. The van der Waals surface area contributed by atoms with Crippen LogP contribution in [-0.2, 0) is 19.6 Å². The number of ether oxygens (including phenoxy) is 1. The molecule has 1 aliphatic rings. The van der Waals surface area contributed by atoms with Gasteiger partial charge in [0.15, 0.2) is 0 Å². The van der Waals surface area contributed by atoms with Gasteiger partial charge >= 0.3 is 0 Å². The minimum atomic E-state index is -3.75. The minimum absolute atomic E-state index is 0.0817. The summed E-state index contributed by atoms with van der Waals surface area (Å²) in [5.41, 5.74) is 4.46. The highest BCUT2D eigenvalue weighted by Crippen LogP contribution is 2.43. The predicted octanol–water partition coefficient (Wildman–Crippen LogP) is -0.0951. The second kappa shape index (κ2) is 4.99. The van der Waals surface area contributed by atoms with E-state index in [0.29, 0.717) is 12.8 Å². The van der Waals surface area contributed by atoms with E-state index >= 15 is 0 Å². The molecule has 1 aliphatic carbocycles. The maximum Gasteiger partial charge on any atom is 0.253 e. The van der Waals surface area contributed by atoms with E-state index in [9.17, 15) is 13.2 Å². The van der Waals surface area contributed by atoms with Crippen LogP contribution < -0.4 is 10.5 Å². The summed E-state index contributed by atoms with van der Waals surface area (Å²) < 4.78 is 30.1. The topological polar surface area (TPSA) is 98.5 Å². The van der Waals surface area contributed by atoms with E-state index in [0.717, 1.165) is 0 Å². The van der Waals surface area contributed by atoms with E-state index in [2.05, 4.69) is 6.58 Å². The van der Waals surface area contributed by atoms with Crippen molar-refractivity contribution in [2.45, 2.75) is 36.5 Å². The third-order valence-electron chi connectivity index (χ3n) is 3.10. The van der Waals surface area contributed by atoms with Gasteiger partial charge in [-0.3, -0.25) is 9.52 Å². The summed E-state index contributed by atoms with van der Waals surface area (Å²) in [4.78, 5) is 11.8. The van der Waals surface area contributed by atoms with Gasteiger partial charge in [-0.2, -0.15) is 0 Å². The smallest absolute Gasteiger partial charge is 0.253 e. The SMILES string of the molecule is C=CC[C@@](C)(N)C(=O)NS(=O)(=O)C1(COC)CC1. The van der Waals surface area contributed by atoms with Crippen LogP contribution in [0.4, 0.5) is 0 Å². The van der Waals surface area contributed by atoms with Gasteiger partial charge < -0.3 is 10.5 Å². The number of hydrogen-bond acceptors (Lipinski definition) is 5. The zero-order valence-electron chi connectivity index (χ0n) is 10.7. The molecule has 0 heterocycles. The molecule has 1 rings (SSSR count). The lowest BCUT2D eigenvalue weighted by Crippen LogP contribution is -2.55. The summed E-state index contributed by atoms with van der Waals surface area (Å²) in [6, 6.07) is 0. The lowest BCUT2D eigenvalue weighted by molar-refractivity contribution is -0.123. The summed E-state index contributed by atoms with van der Waals surface area (Å²) in [5, 5.41) is 0. The van der Waals surface area contributed by atoms with Gasteiger partial charge in [-0.15, -0.1) is 6.58 Å². The molecule has 7 heteroatoms. The minimum Gasteiger partial charge on any atom is -0.383 e. The van der Waals surface area contributed by atoms with Crippen molar-refractivity contribution in [3.8, 4) is 0 Å². The van der Waals surface area contributed by atoms with Crippen LogP contribution in [0, 0.1) is 0 Å². The lowest BCUT2D eigenvalue weighted by Gasteiger charge is -2.24. The van der Waals surface area contributed by atoms with Crippen molar-refractivity contribution in [2.75, 3.05) is 13.7 Å². The van der Waals surface area contributed by atoms with Gasteiger partial charge in [0.05, 0.1) is 12.1 Å². The second-order valence-corrected chi connectivity index (χ2v) is 7.04. The van der Waals surface area contributed by atoms with Gasteiger partial charge in [-0.25, -0.2) is 8.42 Å². The normalized spacial score (nSPS) is 20.8. The number of nitrogens with one attached hydrogen (secondary N) is 1. The maximum absolute atomic E-state index is 12.1. The Labute approximate surface area is 108 Å². The monoisotopic (exact) mass is 276 g/mol. The molecule has 1 fully saturated rings. The van der Waals surface area contributed by atoms with Crippen LogP contribution in [0.1, 0.15) is 26.2 Å². The highest BCUT2D eigenvalue weighted by molar-refractivity contribution is 7.91. The predicted molar refractivity (Wildman–Crippen MR) is 68.3 cm³/mol. The second-order valence-electron chi connectivity index (χ2n) is 4.96. The van der Waals surface area contributed by atoms with Gasteiger partial charge in [0.1, 0.15) is 4.75 Å². The molecule has 0 saturated heterocycles. The van der Waals surface area contributed by atoms with E-state index in [1.807, 2.05) is 4.72 Å². The van der Waals surface area contributed by atoms with Crippen LogP contribution in [0.15, 0.2) is 12.7 Å². The molecule has 1 atom stereocenters. The number of carbonyl (C=O) groups is 1. The van der Waals surface area contributed by atoms with E-state index in [1.54, 1.807) is 0 Å². The molecule has 104 valence electrons. The van der Waals surface area contributed by atoms with E-state index < -0.39 is 26.2 Å². The molecule has 0 unspecified atom stereocenters. The fourth-order valence-corrected chi connectivity index (χ4v) is 3.24. The molecule has 18 heavy (non-hydrogen) atoms. The van der Waals surface area contributed by atoms with Crippen molar-refractivity contribution in [3.05, 3.63) is 12.7 Å². The summed E-state index contributed by atoms with van der Waals surface area (Å²) in [7, 11) is -2.32. The average molecular weight is 276 g/mol. The number of methoxy groups -OCH3 is 1. The molecular formula is C11H20N2O4S. The van der Waals surface area contributed by atoms with Gasteiger partial charge in [0, 0.05) is 7.11 Å². The largest absolute Gasteiger partial charge is 0.383 e. The molecule has 0 radical (unpaired) electrons. The van der Waals surface area contributed by atoms with Gasteiger partial charge in [-0.05, 0) is 26.2 Å². The first-order valence-corrected chi connectivity index (χ1v) is 7.15. The third-order valence-corrected chi connectivity index (χ3v) is 5.22. The molecule has 0 aromatic rings. The quantitative estimate of drug-likeness (QED) is 0.633. The fraction of sp³-hybridized carbons (Fsp3) is 0.727. The lowest BCUT2D eigenvalue weighted by atomic mass is 9.99. The highest BCUT2D eigenvalue weighted by Gasteiger charge is 2.56. The van der Waals surface area contributed by atoms with Crippen LogP contribution in [0.5, 0.6) is 0 Å². The molecule has 0 aliphatic heterocycles. The van der Waals surface area contributed by atoms with Crippen molar-refractivity contribution >= 4 is 15.9 Å². The average Bonchev–Trinajstić information content (AvgIpc) is 2.99. The van der Waals surface area contributed by atoms with Gasteiger partial charge in [-0.1, -0.05) is 6.08 Å². The molecule has 0 aromatic heterocycles. The number of sulfonamides is 1. The van der Waals surface area contributed by atoms with Crippen LogP contribution >= 0.6 is 0 Å². The number of hydrogen-bond donors (Lipinski definition) is 2. The van der Waals surface area contributed by atoms with E-state index in [-0.39, 0.29) is 13.0 Å². The fourth-order valence-electron chi connectivity index (χ4n) is 1.63. The number of nitrogens with two attached hydrogens (primary N) is 1. The van der Waals surface area contributed by atoms with E-state index in [1.165, 1.54) is 20.1 Å². The standard InChI is InChI=1S/C11H20N2O4S/c1-4-5-10(2,12)9(14)13-18(15,16)11(6-7-11)8-17-3/h4H,1,5-8,12H2,2-3H3,(H,13,14)/t10-/m1/s1. The Morgan fingerprint density at radius 3 is 2.56 bits per heavy atom. The maximum atomic E-state index is 12.1. The summed E-state index contributed by atoms with van der Waals surface area (Å²) in [6.07, 6.45) is 2.66. The molecule has 0 spiro atoms. The Bertz CT molecular complexity index is 438. The summed E-state index contributed by atoms with van der Waals surface area (Å²) >= 11 is 0. The zero-order chi connectivity index (χ0) is 14.0. The molecular weight excluding hydrogens is 256 g/mol. The number of carbonyl (C=O) groups excluding carboxylic acids is 1. The van der Waals surface area contributed by atoms with E-state index in [4.69, 9.17) is 10.5 Å². The Kier molecular flexibility index (Phi) is 4.19. The Morgan fingerprint density at radius 2 is 2.17 bits per heavy atom. The van der Waals surface area contributed by atoms with Crippen molar-refractivity contribution in [1.82, 2.24) is 4.72 Å². The molecule has 6 nitrogen and oxygen atoms in total. The first-order valence-electron chi connectivity index (χ1n) is 5.66. The van der Waals surface area contributed by atoms with Gasteiger partial charge in [0.2, 0.25) is 10.0 Å². The first-order chi connectivity index (χ1) is 8.21. The van der Waals surface area contributed by atoms with Crippen LogP contribution in [0.3, 0.4) is 0 Å². The Hall–Kier alpha value is -0.920. The molecule has 0 bridgehead atoms. The molecule has 1 amide bonds. The van der Waals surface area contributed by atoms with Crippen molar-refractivity contribution in [2.24, 2.45) is 5.73 Å². The highest BCUT2D eigenvalue weighted by atomic mass is 32.2. The number of rotatable bonds is 7.